The molecule has 2 aromatic heterocycles. The molecule has 178 valence electrons. The van der Waals surface area contributed by atoms with Crippen molar-refractivity contribution in [3.8, 4) is 0 Å². The van der Waals surface area contributed by atoms with Crippen molar-refractivity contribution in [3.63, 3.8) is 0 Å². The van der Waals surface area contributed by atoms with E-state index in [1.54, 1.807) is 0 Å². The Balaban J connectivity index is 1.47. The molecule has 0 amide bonds. The Morgan fingerprint density at radius 3 is 2.53 bits per heavy atom. The number of thiocarbonyl (C=S) groups is 1. The molecular weight excluding hydrogens is 442 g/mol. The van der Waals surface area contributed by atoms with Crippen LogP contribution in [0.1, 0.15) is 40.3 Å². The van der Waals surface area contributed by atoms with Crippen LogP contribution in [-0.2, 0) is 11.3 Å². The summed E-state index contributed by atoms with van der Waals surface area (Å²) in [6.45, 7) is 10.7. The lowest BCUT2D eigenvalue weighted by atomic mass is 9.96. The number of pyridine rings is 1. The van der Waals surface area contributed by atoms with Gasteiger partial charge < -0.3 is 19.5 Å². The molecule has 1 N–H and O–H groups in total. The molecule has 34 heavy (non-hydrogen) atoms. The normalized spacial score (nSPS) is 21.1. The maximum absolute atomic E-state index is 5.89. The van der Waals surface area contributed by atoms with E-state index in [1.807, 2.05) is 12.3 Å². The molecule has 0 spiro atoms. The molecule has 2 atom stereocenters. The first-order chi connectivity index (χ1) is 16.6. The molecule has 2 fully saturated rings. The quantitative estimate of drug-likeness (QED) is 0.524. The van der Waals surface area contributed by atoms with Crippen LogP contribution in [0.15, 0.2) is 60.8 Å². The predicted octanol–water partition coefficient (Wildman–Crippen LogP) is 3.85. The van der Waals surface area contributed by atoms with E-state index in [0.717, 1.165) is 56.7 Å². The van der Waals surface area contributed by atoms with E-state index in [2.05, 4.69) is 82.1 Å². The van der Waals surface area contributed by atoms with Crippen LogP contribution < -0.4 is 5.32 Å². The third-order valence-corrected chi connectivity index (χ3v) is 7.43. The molecule has 0 unspecified atom stereocenters. The van der Waals surface area contributed by atoms with E-state index in [1.165, 1.54) is 22.5 Å². The third kappa shape index (κ3) is 4.73. The second-order valence-corrected chi connectivity index (χ2v) is 9.56. The second kappa shape index (κ2) is 10.3. The first-order valence-electron chi connectivity index (χ1n) is 12.1. The first-order valence-corrected chi connectivity index (χ1v) is 12.5. The van der Waals surface area contributed by atoms with Crippen molar-refractivity contribution in [2.45, 2.75) is 32.5 Å². The zero-order chi connectivity index (χ0) is 23.5. The van der Waals surface area contributed by atoms with Gasteiger partial charge in [0, 0.05) is 50.3 Å². The van der Waals surface area contributed by atoms with Gasteiger partial charge in [-0.3, -0.25) is 9.88 Å². The summed E-state index contributed by atoms with van der Waals surface area (Å²) in [6.07, 6.45) is 1.87. The lowest BCUT2D eigenvalue weighted by Gasteiger charge is -2.32. The Morgan fingerprint density at radius 1 is 1.03 bits per heavy atom. The number of aryl methyl sites for hydroxylation is 1. The monoisotopic (exact) mass is 475 g/mol. The van der Waals surface area contributed by atoms with Crippen molar-refractivity contribution >= 4 is 17.3 Å². The van der Waals surface area contributed by atoms with E-state index < -0.39 is 0 Å². The number of morpholine rings is 1. The highest BCUT2D eigenvalue weighted by Crippen LogP contribution is 2.40. The number of rotatable bonds is 7. The van der Waals surface area contributed by atoms with E-state index >= 15 is 0 Å². The molecule has 2 saturated heterocycles. The van der Waals surface area contributed by atoms with Gasteiger partial charge in [-0.1, -0.05) is 36.4 Å². The minimum atomic E-state index is 0.0177. The molecule has 4 heterocycles. The molecule has 7 heteroatoms. The van der Waals surface area contributed by atoms with Crippen LogP contribution >= 0.6 is 12.2 Å². The molecule has 2 aliphatic heterocycles. The van der Waals surface area contributed by atoms with Gasteiger partial charge in [0.25, 0.3) is 0 Å². The Labute approximate surface area is 207 Å². The number of aromatic nitrogens is 2. The minimum absolute atomic E-state index is 0.0177. The lowest BCUT2D eigenvalue weighted by molar-refractivity contribution is 0.0350. The molecule has 6 nitrogen and oxygen atoms in total. The summed E-state index contributed by atoms with van der Waals surface area (Å²) in [5, 5.41) is 4.41. The van der Waals surface area contributed by atoms with Crippen LogP contribution in [0.4, 0.5) is 0 Å². The Bertz CT molecular complexity index is 1110. The fourth-order valence-corrected chi connectivity index (χ4v) is 5.53. The standard InChI is InChI=1S/C27H33N5OS/c1-20-18-23(21(2)32(20)19-22-8-4-3-5-9-22)26-25(24-10-6-7-11-28-24)29-27(34)31(26)13-12-30-14-16-33-17-15-30/h3-11,18,25-26H,12-17,19H2,1-2H3,(H,29,34)/t25-,26+/m0/s1. The number of nitrogens with one attached hydrogen (secondary N) is 1. The largest absolute Gasteiger partial charge is 0.379 e. The van der Waals surface area contributed by atoms with Crippen LogP contribution in [0.2, 0.25) is 0 Å². The fraction of sp³-hybridized carbons (Fsp3) is 0.407. The molecule has 0 saturated carbocycles. The Hall–Kier alpha value is -2.74. The summed E-state index contributed by atoms with van der Waals surface area (Å²) < 4.78 is 7.95. The van der Waals surface area contributed by atoms with E-state index in [4.69, 9.17) is 21.9 Å². The maximum Gasteiger partial charge on any atom is 0.170 e. The minimum Gasteiger partial charge on any atom is -0.379 e. The van der Waals surface area contributed by atoms with Gasteiger partial charge >= 0.3 is 0 Å². The topological polar surface area (TPSA) is 45.6 Å². The van der Waals surface area contributed by atoms with Gasteiger partial charge in [-0.2, -0.15) is 0 Å². The predicted molar refractivity (Wildman–Crippen MR) is 139 cm³/mol. The van der Waals surface area contributed by atoms with Gasteiger partial charge in [0.2, 0.25) is 0 Å². The van der Waals surface area contributed by atoms with E-state index in [-0.39, 0.29) is 12.1 Å². The van der Waals surface area contributed by atoms with Crippen molar-refractivity contribution in [2.75, 3.05) is 39.4 Å². The van der Waals surface area contributed by atoms with E-state index in [0.29, 0.717) is 0 Å². The van der Waals surface area contributed by atoms with Crippen molar-refractivity contribution in [3.05, 3.63) is 89.0 Å². The van der Waals surface area contributed by atoms with Gasteiger partial charge in [-0.15, -0.1) is 0 Å². The zero-order valence-corrected chi connectivity index (χ0v) is 20.8. The van der Waals surface area contributed by atoms with Crippen molar-refractivity contribution in [1.29, 1.82) is 0 Å². The van der Waals surface area contributed by atoms with Crippen molar-refractivity contribution in [1.82, 2.24) is 24.7 Å². The smallest absolute Gasteiger partial charge is 0.170 e. The Morgan fingerprint density at radius 2 is 1.79 bits per heavy atom. The number of ether oxygens (including phenoxy) is 1. The van der Waals surface area contributed by atoms with Crippen LogP contribution in [-0.4, -0.2) is 63.9 Å². The molecule has 0 radical (unpaired) electrons. The maximum atomic E-state index is 5.89. The average molecular weight is 476 g/mol. The van der Waals surface area contributed by atoms with Crippen LogP contribution in [0.3, 0.4) is 0 Å². The number of hydrogen-bond donors (Lipinski definition) is 1. The van der Waals surface area contributed by atoms with Gasteiger partial charge in [0.1, 0.15) is 0 Å². The molecular formula is C27H33N5OS. The van der Waals surface area contributed by atoms with Crippen LogP contribution in [0.25, 0.3) is 0 Å². The second-order valence-electron chi connectivity index (χ2n) is 9.17. The number of nitrogens with zero attached hydrogens (tertiary/aromatic N) is 4. The first kappa shape index (κ1) is 23.0. The summed E-state index contributed by atoms with van der Waals surface area (Å²) >= 11 is 5.89. The zero-order valence-electron chi connectivity index (χ0n) is 20.0. The highest BCUT2D eigenvalue weighted by molar-refractivity contribution is 7.80. The molecule has 5 rings (SSSR count). The summed E-state index contributed by atoms with van der Waals surface area (Å²) in [6, 6.07) is 19.2. The Kier molecular flexibility index (Phi) is 6.94. The summed E-state index contributed by atoms with van der Waals surface area (Å²) in [7, 11) is 0. The highest BCUT2D eigenvalue weighted by Gasteiger charge is 2.41. The lowest BCUT2D eigenvalue weighted by Crippen LogP contribution is -2.42. The SMILES string of the molecule is Cc1cc([C@@H]2[C@H](c3ccccn3)NC(=S)N2CCN2CCOCC2)c(C)n1Cc1ccccc1. The third-order valence-electron chi connectivity index (χ3n) is 7.07. The van der Waals surface area contributed by atoms with Crippen molar-refractivity contribution in [2.24, 2.45) is 0 Å². The van der Waals surface area contributed by atoms with Gasteiger partial charge in [-0.25, -0.2) is 0 Å². The fourth-order valence-electron chi connectivity index (χ4n) is 5.20. The van der Waals surface area contributed by atoms with Gasteiger partial charge in [0.15, 0.2) is 5.11 Å². The van der Waals surface area contributed by atoms with Crippen LogP contribution in [0, 0.1) is 13.8 Å². The average Bonchev–Trinajstić information content (AvgIpc) is 3.35. The molecule has 2 aliphatic rings. The molecule has 0 aliphatic carbocycles. The summed E-state index contributed by atoms with van der Waals surface area (Å²) in [5.41, 5.74) is 6.20. The molecule has 3 aromatic rings. The van der Waals surface area contributed by atoms with Crippen molar-refractivity contribution < 1.29 is 4.74 Å². The van der Waals surface area contributed by atoms with E-state index in [9.17, 15) is 0 Å². The van der Waals surface area contributed by atoms with Gasteiger partial charge in [-0.05, 0) is 55.4 Å². The summed E-state index contributed by atoms with van der Waals surface area (Å²) in [5.74, 6) is 0. The number of hydrogen-bond acceptors (Lipinski definition) is 4. The molecule has 0 bridgehead atoms. The molecule has 1 aromatic carbocycles. The number of benzene rings is 1. The highest BCUT2D eigenvalue weighted by atomic mass is 32.1. The summed E-state index contributed by atoms with van der Waals surface area (Å²) in [4.78, 5) is 9.54. The van der Waals surface area contributed by atoms with Crippen LogP contribution in [0.5, 0.6) is 0 Å². The van der Waals surface area contributed by atoms with Gasteiger partial charge in [0.05, 0.1) is 31.0 Å².